The molecule has 1 rings (SSSR count). The quantitative estimate of drug-likeness (QED) is 0.640. The summed E-state index contributed by atoms with van der Waals surface area (Å²) in [6.45, 7) is 1.61. The Morgan fingerprint density at radius 2 is 2.15 bits per heavy atom. The number of hydrogen-bond donors (Lipinski definition) is 3. The molecular weight excluding hydrogens is 372 g/mol. The molecule has 112 valence electrons. The van der Waals surface area contributed by atoms with Crippen LogP contribution in [0.5, 0.6) is 0 Å². The van der Waals surface area contributed by atoms with Gasteiger partial charge < -0.3 is 10.8 Å². The van der Waals surface area contributed by atoms with Gasteiger partial charge in [0.25, 0.3) is 0 Å². The third-order valence-corrected chi connectivity index (χ3v) is 5.69. The number of nitrogens with two attached hydrogens (primary N) is 1. The first-order valence-electron chi connectivity index (χ1n) is 5.43. The maximum absolute atomic E-state index is 12.1. The van der Waals surface area contributed by atoms with Crippen LogP contribution in [0.1, 0.15) is 17.7 Å². The van der Waals surface area contributed by atoms with Crippen molar-refractivity contribution in [2.45, 2.75) is 30.7 Å². The van der Waals surface area contributed by atoms with Gasteiger partial charge in [-0.2, -0.15) is 4.72 Å². The minimum absolute atomic E-state index is 0.0136. The van der Waals surface area contributed by atoms with Gasteiger partial charge in [-0.15, -0.1) is 11.3 Å². The van der Waals surface area contributed by atoms with Crippen LogP contribution >= 0.6 is 27.3 Å². The minimum atomic E-state index is -3.96. The Morgan fingerprint density at radius 1 is 1.55 bits per heavy atom. The van der Waals surface area contributed by atoms with Crippen LogP contribution in [0, 0.1) is 6.92 Å². The number of thiophene rings is 1. The van der Waals surface area contributed by atoms with Crippen LogP contribution < -0.4 is 10.5 Å². The average Bonchev–Trinajstić information content (AvgIpc) is 2.64. The van der Waals surface area contributed by atoms with E-state index in [1.807, 2.05) is 0 Å². The van der Waals surface area contributed by atoms with Crippen molar-refractivity contribution >= 4 is 49.2 Å². The molecule has 0 aromatic carbocycles. The van der Waals surface area contributed by atoms with Gasteiger partial charge in [-0.3, -0.25) is 9.59 Å². The Bertz CT molecular complexity index is 626. The molecule has 0 radical (unpaired) electrons. The number of amides is 1. The number of carbonyl (C=O) groups is 2. The van der Waals surface area contributed by atoms with Gasteiger partial charge in [-0.05, 0) is 35.3 Å². The highest BCUT2D eigenvalue weighted by atomic mass is 79.9. The van der Waals surface area contributed by atoms with E-state index in [1.165, 1.54) is 17.4 Å². The van der Waals surface area contributed by atoms with Gasteiger partial charge in [0, 0.05) is 11.3 Å². The summed E-state index contributed by atoms with van der Waals surface area (Å²) >= 11 is 4.39. The average molecular weight is 385 g/mol. The van der Waals surface area contributed by atoms with Crippen molar-refractivity contribution in [2.24, 2.45) is 5.73 Å². The Hall–Kier alpha value is -0.970. The number of carboxylic acid groups (broad SMARTS) is 1. The molecular formula is C10H13BrN2O5S2. The van der Waals surface area contributed by atoms with Crippen LogP contribution in [0.2, 0.25) is 0 Å². The van der Waals surface area contributed by atoms with Crippen molar-refractivity contribution in [1.82, 2.24) is 4.72 Å². The first kappa shape index (κ1) is 17.1. The lowest BCUT2D eigenvalue weighted by Crippen LogP contribution is -2.41. The number of carbonyl (C=O) groups excluding carboxylic acids is 1. The lowest BCUT2D eigenvalue weighted by atomic mass is 10.2. The summed E-state index contributed by atoms with van der Waals surface area (Å²) in [7, 11) is -3.96. The summed E-state index contributed by atoms with van der Waals surface area (Å²) in [4.78, 5) is 22.2. The van der Waals surface area contributed by atoms with Crippen molar-refractivity contribution in [1.29, 1.82) is 0 Å². The van der Waals surface area contributed by atoms with E-state index in [-0.39, 0.29) is 17.7 Å². The number of sulfonamides is 1. The second kappa shape index (κ2) is 6.66. The third kappa shape index (κ3) is 4.54. The summed E-state index contributed by atoms with van der Waals surface area (Å²) in [5.74, 6) is -2.05. The molecule has 1 aromatic heterocycles. The molecule has 1 heterocycles. The van der Waals surface area contributed by atoms with Crippen molar-refractivity contribution in [2.75, 3.05) is 0 Å². The van der Waals surface area contributed by atoms with Crippen molar-refractivity contribution in [3.63, 3.8) is 0 Å². The Labute approximate surface area is 128 Å². The fourth-order valence-electron chi connectivity index (χ4n) is 1.47. The van der Waals surface area contributed by atoms with Crippen LogP contribution in [-0.4, -0.2) is 31.4 Å². The highest BCUT2D eigenvalue weighted by molar-refractivity contribution is 9.11. The number of nitrogens with one attached hydrogen (secondary N) is 1. The monoisotopic (exact) mass is 384 g/mol. The van der Waals surface area contributed by atoms with E-state index in [0.717, 1.165) is 0 Å². The molecule has 0 spiro atoms. The molecule has 0 aliphatic carbocycles. The predicted molar refractivity (Wildman–Crippen MR) is 76.9 cm³/mol. The lowest BCUT2D eigenvalue weighted by Gasteiger charge is -2.13. The van der Waals surface area contributed by atoms with E-state index >= 15 is 0 Å². The van der Waals surface area contributed by atoms with Crippen molar-refractivity contribution in [3.05, 3.63) is 14.7 Å². The van der Waals surface area contributed by atoms with E-state index in [1.54, 1.807) is 6.92 Å². The fraction of sp³-hybridized carbons (Fsp3) is 0.400. The number of aryl methyl sites for hydroxylation is 1. The Morgan fingerprint density at radius 3 is 2.55 bits per heavy atom. The zero-order valence-electron chi connectivity index (χ0n) is 10.4. The molecule has 0 aliphatic rings. The summed E-state index contributed by atoms with van der Waals surface area (Å²) < 4.78 is 26.9. The summed E-state index contributed by atoms with van der Waals surface area (Å²) in [6.07, 6.45) is -0.417. The smallest absolute Gasteiger partial charge is 0.321 e. The van der Waals surface area contributed by atoms with Gasteiger partial charge in [-0.25, -0.2) is 8.42 Å². The number of rotatable bonds is 7. The maximum Gasteiger partial charge on any atom is 0.321 e. The normalized spacial score (nSPS) is 13.1. The van der Waals surface area contributed by atoms with Crippen LogP contribution in [0.3, 0.4) is 0 Å². The molecule has 7 nitrogen and oxygen atoms in total. The predicted octanol–water partition coefficient (Wildman–Crippen LogP) is 0.816. The Kier molecular flexibility index (Phi) is 5.68. The van der Waals surface area contributed by atoms with Gasteiger partial charge in [0.05, 0.1) is 8.68 Å². The number of aliphatic carboxylic acids is 1. The first-order chi connectivity index (χ1) is 9.13. The molecule has 1 amide bonds. The number of primary amides is 1. The molecule has 0 fully saturated rings. The van der Waals surface area contributed by atoms with E-state index in [0.29, 0.717) is 8.66 Å². The van der Waals surface area contributed by atoms with Gasteiger partial charge >= 0.3 is 5.97 Å². The first-order valence-corrected chi connectivity index (χ1v) is 8.52. The summed E-state index contributed by atoms with van der Waals surface area (Å²) in [6, 6.07) is 0.000528. The maximum atomic E-state index is 12.1. The topological polar surface area (TPSA) is 127 Å². The zero-order valence-corrected chi connectivity index (χ0v) is 13.6. The largest absolute Gasteiger partial charge is 0.480 e. The molecule has 0 aliphatic heterocycles. The highest BCUT2D eigenvalue weighted by Crippen LogP contribution is 2.29. The molecule has 1 aromatic rings. The van der Waals surface area contributed by atoms with E-state index in [2.05, 4.69) is 20.7 Å². The van der Waals surface area contributed by atoms with Gasteiger partial charge in [-0.1, -0.05) is 0 Å². The van der Waals surface area contributed by atoms with Gasteiger partial charge in [0.1, 0.15) is 6.04 Å². The fourth-order valence-corrected chi connectivity index (χ4v) is 5.11. The van der Waals surface area contributed by atoms with Gasteiger partial charge in [0.2, 0.25) is 15.9 Å². The summed E-state index contributed by atoms with van der Waals surface area (Å²) in [5, 5.41) is 8.99. The van der Waals surface area contributed by atoms with Crippen LogP contribution in [-0.2, 0) is 19.6 Å². The number of halogens is 1. The van der Waals surface area contributed by atoms with Crippen LogP contribution in [0.15, 0.2) is 14.7 Å². The molecule has 1 atom stereocenters. The third-order valence-electron chi connectivity index (χ3n) is 2.41. The van der Waals surface area contributed by atoms with Crippen molar-refractivity contribution < 1.29 is 23.1 Å². The van der Waals surface area contributed by atoms with Crippen LogP contribution in [0.4, 0.5) is 0 Å². The van der Waals surface area contributed by atoms with E-state index in [9.17, 15) is 18.0 Å². The molecule has 0 saturated carbocycles. The molecule has 20 heavy (non-hydrogen) atoms. The molecule has 10 heteroatoms. The molecule has 0 bridgehead atoms. The molecule has 4 N–H and O–H groups in total. The number of carboxylic acids is 1. The summed E-state index contributed by atoms with van der Waals surface area (Å²) in [5.41, 5.74) is 4.93. The van der Waals surface area contributed by atoms with Gasteiger partial charge in [0.15, 0.2) is 0 Å². The van der Waals surface area contributed by atoms with Crippen LogP contribution in [0.25, 0.3) is 0 Å². The van der Waals surface area contributed by atoms with Crippen molar-refractivity contribution in [3.8, 4) is 0 Å². The standard InChI is InChI=1S/C10H13BrN2O5S2/c1-5-7(4-8(11)19-5)20(17,18)13-6(10(15)16)2-3-9(12)14/h4,6,13H,2-3H2,1H3,(H2,12,14)(H,15,16). The molecule has 0 saturated heterocycles. The van der Waals surface area contributed by atoms with E-state index < -0.39 is 27.9 Å². The lowest BCUT2D eigenvalue weighted by molar-refractivity contribution is -0.139. The Balaban J connectivity index is 2.94. The second-order valence-electron chi connectivity index (χ2n) is 3.99. The highest BCUT2D eigenvalue weighted by Gasteiger charge is 2.27. The minimum Gasteiger partial charge on any atom is -0.480 e. The second-order valence-corrected chi connectivity index (χ2v) is 8.31. The zero-order chi connectivity index (χ0) is 15.5. The SMILES string of the molecule is Cc1sc(Br)cc1S(=O)(=O)NC(CCC(N)=O)C(=O)O. The molecule has 1 unspecified atom stereocenters. The number of hydrogen-bond acceptors (Lipinski definition) is 5. The van der Waals surface area contributed by atoms with E-state index in [4.69, 9.17) is 10.8 Å².